The van der Waals surface area contributed by atoms with Gasteiger partial charge in [-0.3, -0.25) is 14.7 Å². The van der Waals surface area contributed by atoms with E-state index in [1.54, 1.807) is 6.07 Å². The molecule has 2 aromatic rings. The minimum atomic E-state index is -0.275. The summed E-state index contributed by atoms with van der Waals surface area (Å²) in [5.74, 6) is -0.157. The summed E-state index contributed by atoms with van der Waals surface area (Å²) in [7, 11) is 0. The Morgan fingerprint density at radius 3 is 2.84 bits per heavy atom. The Balaban J connectivity index is 1.17. The number of aryl methyl sites for hydroxylation is 1. The molecule has 2 fully saturated rings. The van der Waals surface area contributed by atoms with Crippen LogP contribution in [0.4, 0.5) is 0 Å². The molecule has 5 rings (SSSR count). The number of amides is 1. The van der Waals surface area contributed by atoms with Crippen LogP contribution in [0.1, 0.15) is 64.0 Å². The van der Waals surface area contributed by atoms with Crippen LogP contribution in [0.5, 0.6) is 0 Å². The number of aliphatic hydroxyl groups is 1. The zero-order valence-corrected chi connectivity index (χ0v) is 18.9. The molecule has 0 bridgehead atoms. The fraction of sp³-hybridized carbons (Fsp3) is 0.583. The number of carbonyl (C=O) groups excluding carboxylic acids is 1. The van der Waals surface area contributed by atoms with E-state index in [4.69, 9.17) is 4.74 Å². The number of aromatic nitrogens is 1. The maximum Gasteiger partial charge on any atom is 0.270 e. The highest BCUT2D eigenvalue weighted by atomic mass is 32.1. The van der Waals surface area contributed by atoms with Crippen LogP contribution in [0, 0.1) is 0 Å². The third-order valence-electron chi connectivity index (χ3n) is 6.98. The Bertz CT molecular complexity index is 928. The number of pyridine rings is 1. The van der Waals surface area contributed by atoms with E-state index in [-0.39, 0.29) is 23.7 Å². The standard InChI is InChI=1S/C24H31N3O3S/c1-2-19-13-20-22(31-19)5-10-30-24(20)6-8-27(9-7-24)15-16-3-4-21(25-14-16)23(29)26-17-11-18(28)12-17/h3-4,13-14,17-18,28H,2,5-12,15H2,1H3,(H,26,29). The van der Waals surface area contributed by atoms with Gasteiger partial charge >= 0.3 is 0 Å². The minimum Gasteiger partial charge on any atom is -0.393 e. The fourth-order valence-corrected chi connectivity index (χ4v) is 6.19. The first-order valence-electron chi connectivity index (χ1n) is 11.5. The number of nitrogens with zero attached hydrogens (tertiary/aromatic N) is 2. The van der Waals surface area contributed by atoms with Crippen LogP contribution < -0.4 is 5.32 Å². The van der Waals surface area contributed by atoms with Gasteiger partial charge in [0.15, 0.2) is 0 Å². The third-order valence-corrected chi connectivity index (χ3v) is 8.32. The van der Waals surface area contributed by atoms with E-state index in [2.05, 4.69) is 28.2 Å². The van der Waals surface area contributed by atoms with Crippen LogP contribution in [-0.4, -0.2) is 52.7 Å². The Morgan fingerprint density at radius 2 is 2.16 bits per heavy atom. The lowest BCUT2D eigenvalue weighted by Gasteiger charge is -2.44. The molecule has 2 aromatic heterocycles. The zero-order valence-electron chi connectivity index (χ0n) is 18.1. The molecule has 166 valence electrons. The van der Waals surface area contributed by atoms with Crippen molar-refractivity contribution in [1.29, 1.82) is 0 Å². The molecule has 1 aliphatic carbocycles. The maximum atomic E-state index is 12.3. The first-order valence-corrected chi connectivity index (χ1v) is 12.3. The average molecular weight is 442 g/mol. The smallest absolute Gasteiger partial charge is 0.270 e. The van der Waals surface area contributed by atoms with Crippen LogP contribution in [0.2, 0.25) is 0 Å². The van der Waals surface area contributed by atoms with E-state index >= 15 is 0 Å². The topological polar surface area (TPSA) is 74.7 Å². The van der Waals surface area contributed by atoms with Crippen molar-refractivity contribution in [3.63, 3.8) is 0 Å². The summed E-state index contributed by atoms with van der Waals surface area (Å²) >= 11 is 1.97. The van der Waals surface area contributed by atoms with Gasteiger partial charge < -0.3 is 15.2 Å². The van der Waals surface area contributed by atoms with Crippen molar-refractivity contribution < 1.29 is 14.6 Å². The van der Waals surface area contributed by atoms with Crippen molar-refractivity contribution in [2.45, 2.75) is 69.7 Å². The second-order valence-electron chi connectivity index (χ2n) is 9.12. The lowest BCUT2D eigenvalue weighted by Crippen LogP contribution is -2.47. The van der Waals surface area contributed by atoms with Crippen LogP contribution in [-0.2, 0) is 29.7 Å². The van der Waals surface area contributed by atoms with Gasteiger partial charge in [-0.2, -0.15) is 0 Å². The third kappa shape index (κ3) is 4.29. The number of piperidine rings is 1. The largest absolute Gasteiger partial charge is 0.393 e. The van der Waals surface area contributed by atoms with Gasteiger partial charge in [-0.05, 0) is 55.4 Å². The summed E-state index contributed by atoms with van der Waals surface area (Å²) < 4.78 is 6.39. The normalized spacial score (nSPS) is 25.1. The Labute approximate surface area is 187 Å². The summed E-state index contributed by atoms with van der Waals surface area (Å²) in [5, 5.41) is 12.3. The van der Waals surface area contributed by atoms with E-state index in [1.807, 2.05) is 23.6 Å². The van der Waals surface area contributed by atoms with Gasteiger partial charge in [0.2, 0.25) is 0 Å². The van der Waals surface area contributed by atoms with Crippen molar-refractivity contribution in [3.8, 4) is 0 Å². The summed E-state index contributed by atoms with van der Waals surface area (Å²) in [4.78, 5) is 22.1. The molecule has 7 heteroatoms. The molecule has 2 aliphatic heterocycles. The van der Waals surface area contributed by atoms with Gasteiger partial charge in [-0.15, -0.1) is 11.3 Å². The SMILES string of the molecule is CCc1cc2c(s1)CCOC21CCN(Cc2ccc(C(=O)NC3CC(O)C3)nc2)CC1. The van der Waals surface area contributed by atoms with Crippen molar-refractivity contribution in [2.24, 2.45) is 0 Å². The molecule has 4 heterocycles. The number of rotatable bonds is 5. The van der Waals surface area contributed by atoms with E-state index in [0.29, 0.717) is 18.5 Å². The second-order valence-corrected chi connectivity index (χ2v) is 10.3. The summed E-state index contributed by atoms with van der Waals surface area (Å²) in [6.45, 7) is 5.92. The van der Waals surface area contributed by atoms with Gasteiger partial charge in [-0.1, -0.05) is 13.0 Å². The average Bonchev–Trinajstić information content (AvgIpc) is 3.20. The molecule has 0 radical (unpaired) electrons. The predicted octanol–water partition coefficient (Wildman–Crippen LogP) is 3.02. The first-order chi connectivity index (χ1) is 15.0. The Hall–Kier alpha value is -1.80. The van der Waals surface area contributed by atoms with Gasteiger partial charge in [-0.25, -0.2) is 0 Å². The number of hydrogen-bond acceptors (Lipinski definition) is 6. The monoisotopic (exact) mass is 441 g/mol. The number of aliphatic hydroxyl groups excluding tert-OH is 1. The highest BCUT2D eigenvalue weighted by molar-refractivity contribution is 7.12. The van der Waals surface area contributed by atoms with E-state index < -0.39 is 0 Å². The van der Waals surface area contributed by atoms with Gasteiger partial charge in [0.05, 0.1) is 18.3 Å². The highest BCUT2D eigenvalue weighted by Gasteiger charge is 2.41. The first kappa shape index (κ1) is 21.1. The quantitative estimate of drug-likeness (QED) is 0.746. The van der Waals surface area contributed by atoms with Gasteiger partial charge in [0.1, 0.15) is 5.69 Å². The fourth-order valence-electron chi connectivity index (χ4n) is 5.01. The van der Waals surface area contributed by atoms with Gasteiger partial charge in [0.25, 0.3) is 5.91 Å². The number of hydrogen-bond donors (Lipinski definition) is 2. The number of carbonyl (C=O) groups is 1. The molecule has 6 nitrogen and oxygen atoms in total. The van der Waals surface area contributed by atoms with Crippen molar-refractivity contribution in [3.05, 3.63) is 51.0 Å². The van der Waals surface area contributed by atoms with Crippen molar-refractivity contribution >= 4 is 17.2 Å². The predicted molar refractivity (Wildman–Crippen MR) is 120 cm³/mol. The molecule has 3 aliphatic rings. The Kier molecular flexibility index (Phi) is 5.86. The number of nitrogens with one attached hydrogen (secondary N) is 1. The lowest BCUT2D eigenvalue weighted by molar-refractivity contribution is -0.0981. The van der Waals surface area contributed by atoms with E-state index in [0.717, 1.165) is 57.5 Å². The lowest BCUT2D eigenvalue weighted by atomic mass is 9.82. The molecule has 2 N–H and O–H groups in total. The molecule has 1 spiro atoms. The molecular weight excluding hydrogens is 410 g/mol. The minimum absolute atomic E-state index is 0.0730. The second kappa shape index (κ2) is 8.62. The Morgan fingerprint density at radius 1 is 1.35 bits per heavy atom. The van der Waals surface area contributed by atoms with Crippen LogP contribution >= 0.6 is 11.3 Å². The number of ether oxygens (including phenoxy) is 1. The van der Waals surface area contributed by atoms with Crippen LogP contribution in [0.25, 0.3) is 0 Å². The molecule has 0 atom stereocenters. The molecule has 1 saturated heterocycles. The number of likely N-dealkylation sites (tertiary alicyclic amines) is 1. The van der Waals surface area contributed by atoms with Crippen molar-refractivity contribution in [1.82, 2.24) is 15.2 Å². The summed E-state index contributed by atoms with van der Waals surface area (Å²) in [5.41, 5.74) is 2.93. The molecule has 1 saturated carbocycles. The summed E-state index contributed by atoms with van der Waals surface area (Å²) in [6.07, 6.45) is 7.02. The van der Waals surface area contributed by atoms with Crippen LogP contribution in [0.3, 0.4) is 0 Å². The maximum absolute atomic E-state index is 12.3. The zero-order chi connectivity index (χ0) is 21.4. The molecular formula is C24H31N3O3S. The van der Waals surface area contributed by atoms with E-state index in [1.165, 1.54) is 15.3 Å². The summed E-state index contributed by atoms with van der Waals surface area (Å²) in [6, 6.07) is 6.28. The number of fused-ring (bicyclic) bond motifs is 2. The molecule has 0 aromatic carbocycles. The van der Waals surface area contributed by atoms with Crippen molar-refractivity contribution in [2.75, 3.05) is 19.7 Å². The number of thiophene rings is 1. The molecule has 31 heavy (non-hydrogen) atoms. The van der Waals surface area contributed by atoms with Crippen LogP contribution in [0.15, 0.2) is 24.4 Å². The van der Waals surface area contributed by atoms with E-state index in [9.17, 15) is 9.90 Å². The highest BCUT2D eigenvalue weighted by Crippen LogP contribution is 2.44. The molecule has 1 amide bonds. The molecule has 0 unspecified atom stereocenters. The van der Waals surface area contributed by atoms with Gasteiger partial charge in [0, 0.05) is 48.0 Å².